The normalized spacial score (nSPS) is 18.2. The van der Waals surface area contributed by atoms with Crippen molar-refractivity contribution < 1.29 is 0 Å². The van der Waals surface area contributed by atoms with E-state index in [4.69, 9.17) is 0 Å². The third-order valence-electron chi connectivity index (χ3n) is 3.24. The van der Waals surface area contributed by atoms with Gasteiger partial charge in [0.25, 0.3) is 0 Å². The minimum absolute atomic E-state index is 0.711. The van der Waals surface area contributed by atoms with Crippen LogP contribution in [0, 0.1) is 11.8 Å². The molecule has 0 radical (unpaired) electrons. The van der Waals surface area contributed by atoms with Crippen LogP contribution in [0.5, 0.6) is 0 Å². The zero-order valence-electron chi connectivity index (χ0n) is 11.3. The van der Waals surface area contributed by atoms with Crippen molar-refractivity contribution in [2.24, 2.45) is 11.8 Å². The molecule has 0 unspecified atom stereocenters. The lowest BCUT2D eigenvalue weighted by atomic mass is 9.92. The van der Waals surface area contributed by atoms with Crippen molar-refractivity contribution in [1.29, 1.82) is 0 Å². The molecule has 0 aliphatic rings. The zero-order valence-corrected chi connectivity index (χ0v) is 13.4. The summed E-state index contributed by atoms with van der Waals surface area (Å²) in [5, 5.41) is 0. The molecule has 0 heterocycles. The van der Waals surface area contributed by atoms with Gasteiger partial charge < -0.3 is 4.90 Å². The Morgan fingerprint density at radius 1 is 1.07 bits per heavy atom. The molecule has 0 aromatic rings. The number of hydrogen-bond acceptors (Lipinski definition) is 1. The Kier molecular flexibility index (Phi) is 8.24. The highest BCUT2D eigenvalue weighted by Crippen LogP contribution is 2.19. The van der Waals surface area contributed by atoms with Gasteiger partial charge in [0.2, 0.25) is 0 Å². The molecule has 15 heavy (non-hydrogen) atoms. The molecule has 0 amide bonds. The molecule has 92 valence electrons. The summed E-state index contributed by atoms with van der Waals surface area (Å²) in [6.45, 7) is 12.9. The largest absolute Gasteiger partial charge is 0.303 e. The molecule has 0 N–H and O–H groups in total. The smallest absolute Gasteiger partial charge is 0.00934 e. The van der Waals surface area contributed by atoms with Crippen LogP contribution < -0.4 is 0 Å². The van der Waals surface area contributed by atoms with Crippen LogP contribution in [0.3, 0.4) is 0 Å². The van der Waals surface area contributed by atoms with Crippen molar-refractivity contribution in [2.75, 3.05) is 13.6 Å². The van der Waals surface area contributed by atoms with Gasteiger partial charge in [-0.2, -0.15) is 0 Å². The molecular weight excluding hydrogens is 297 g/mol. The standard InChI is InChI=1S/C13H28IN/c1-10(2)9-11(3)13(5)15(6)8-7-12(4)14/h10-13H,7-9H2,1-6H3/t11-,12-,13-/m1/s1. The number of halogens is 1. The van der Waals surface area contributed by atoms with Crippen molar-refractivity contribution in [3.05, 3.63) is 0 Å². The van der Waals surface area contributed by atoms with Crippen LogP contribution in [-0.4, -0.2) is 28.5 Å². The van der Waals surface area contributed by atoms with E-state index < -0.39 is 0 Å². The highest BCUT2D eigenvalue weighted by Gasteiger charge is 2.17. The second kappa shape index (κ2) is 7.88. The van der Waals surface area contributed by atoms with E-state index in [0.29, 0.717) is 6.04 Å². The highest BCUT2D eigenvalue weighted by atomic mass is 127. The van der Waals surface area contributed by atoms with Crippen LogP contribution in [0.1, 0.15) is 47.5 Å². The molecule has 0 aromatic carbocycles. The SMILES string of the molecule is CC(C)C[C@@H](C)[C@@H](C)N(C)CC[C@@H](C)I. The van der Waals surface area contributed by atoms with E-state index in [-0.39, 0.29) is 0 Å². The first-order valence-electron chi connectivity index (χ1n) is 6.18. The van der Waals surface area contributed by atoms with Crippen molar-refractivity contribution >= 4 is 22.6 Å². The van der Waals surface area contributed by atoms with Crippen LogP contribution in [0.4, 0.5) is 0 Å². The van der Waals surface area contributed by atoms with Gasteiger partial charge in [0, 0.05) is 9.97 Å². The topological polar surface area (TPSA) is 3.24 Å². The lowest BCUT2D eigenvalue weighted by molar-refractivity contribution is 0.181. The molecule has 0 aliphatic carbocycles. The Balaban J connectivity index is 3.90. The Hall–Kier alpha value is 0.690. The Morgan fingerprint density at radius 3 is 2.00 bits per heavy atom. The van der Waals surface area contributed by atoms with Crippen LogP contribution in [0.25, 0.3) is 0 Å². The van der Waals surface area contributed by atoms with Gasteiger partial charge in [-0.15, -0.1) is 0 Å². The average molecular weight is 325 g/mol. The first kappa shape index (κ1) is 15.7. The van der Waals surface area contributed by atoms with E-state index in [0.717, 1.165) is 15.8 Å². The summed E-state index contributed by atoms with van der Waals surface area (Å²) in [6.07, 6.45) is 2.64. The summed E-state index contributed by atoms with van der Waals surface area (Å²) >= 11 is 2.51. The molecule has 0 saturated carbocycles. The predicted octanol–water partition coefficient (Wildman–Crippen LogP) is 4.20. The quantitative estimate of drug-likeness (QED) is 0.501. The van der Waals surface area contributed by atoms with Gasteiger partial charge in [-0.3, -0.25) is 0 Å². The predicted molar refractivity (Wildman–Crippen MR) is 78.8 cm³/mol. The second-order valence-corrected chi connectivity index (χ2v) is 7.52. The van der Waals surface area contributed by atoms with E-state index in [1.807, 2.05) is 0 Å². The van der Waals surface area contributed by atoms with Gasteiger partial charge in [-0.1, -0.05) is 50.3 Å². The first-order chi connectivity index (χ1) is 6.84. The average Bonchev–Trinajstić information content (AvgIpc) is 2.11. The van der Waals surface area contributed by atoms with Crippen molar-refractivity contribution in [3.63, 3.8) is 0 Å². The minimum Gasteiger partial charge on any atom is -0.303 e. The van der Waals surface area contributed by atoms with E-state index in [1.165, 1.54) is 19.4 Å². The molecule has 0 rings (SSSR count). The van der Waals surface area contributed by atoms with Gasteiger partial charge in [-0.05, 0) is 45.2 Å². The molecule has 0 saturated heterocycles. The summed E-state index contributed by atoms with van der Waals surface area (Å²) < 4.78 is 0.789. The molecule has 0 aliphatic heterocycles. The van der Waals surface area contributed by atoms with Crippen LogP contribution >= 0.6 is 22.6 Å². The molecule has 0 aromatic heterocycles. The van der Waals surface area contributed by atoms with Crippen LogP contribution in [0.2, 0.25) is 0 Å². The molecule has 3 atom stereocenters. The number of alkyl halides is 1. The maximum absolute atomic E-state index is 2.52. The molecule has 0 fully saturated rings. The van der Waals surface area contributed by atoms with E-state index in [2.05, 4.69) is 69.2 Å². The molecular formula is C13H28IN. The number of hydrogen-bond donors (Lipinski definition) is 0. The summed E-state index contributed by atoms with van der Waals surface area (Å²) in [7, 11) is 2.26. The van der Waals surface area contributed by atoms with Gasteiger partial charge in [-0.25, -0.2) is 0 Å². The summed E-state index contributed by atoms with van der Waals surface area (Å²) in [4.78, 5) is 2.52. The van der Waals surface area contributed by atoms with Crippen molar-refractivity contribution in [2.45, 2.75) is 57.4 Å². The first-order valence-corrected chi connectivity index (χ1v) is 7.43. The highest BCUT2D eigenvalue weighted by molar-refractivity contribution is 14.1. The summed E-state index contributed by atoms with van der Waals surface area (Å²) in [5.41, 5.74) is 0. The Bertz CT molecular complexity index is 157. The Labute approximate surface area is 110 Å². The third kappa shape index (κ3) is 7.56. The van der Waals surface area contributed by atoms with Gasteiger partial charge in [0.1, 0.15) is 0 Å². The van der Waals surface area contributed by atoms with Crippen LogP contribution in [-0.2, 0) is 0 Å². The molecule has 0 bridgehead atoms. The summed E-state index contributed by atoms with van der Waals surface area (Å²) in [6, 6.07) is 0.711. The Morgan fingerprint density at radius 2 is 1.60 bits per heavy atom. The zero-order chi connectivity index (χ0) is 12.0. The van der Waals surface area contributed by atoms with E-state index in [9.17, 15) is 0 Å². The summed E-state index contributed by atoms with van der Waals surface area (Å²) in [5.74, 6) is 1.62. The monoisotopic (exact) mass is 325 g/mol. The minimum atomic E-state index is 0.711. The lowest BCUT2D eigenvalue weighted by Crippen LogP contribution is -2.36. The molecule has 0 spiro atoms. The van der Waals surface area contributed by atoms with Gasteiger partial charge in [0.15, 0.2) is 0 Å². The second-order valence-electron chi connectivity index (χ2n) is 5.40. The lowest BCUT2D eigenvalue weighted by Gasteiger charge is -2.31. The fourth-order valence-electron chi connectivity index (χ4n) is 1.96. The van der Waals surface area contributed by atoms with Crippen molar-refractivity contribution in [3.8, 4) is 0 Å². The van der Waals surface area contributed by atoms with Crippen molar-refractivity contribution in [1.82, 2.24) is 4.90 Å². The molecule has 1 nitrogen and oxygen atoms in total. The number of rotatable bonds is 7. The van der Waals surface area contributed by atoms with Gasteiger partial charge >= 0.3 is 0 Å². The van der Waals surface area contributed by atoms with Gasteiger partial charge in [0.05, 0.1) is 0 Å². The van der Waals surface area contributed by atoms with E-state index >= 15 is 0 Å². The maximum Gasteiger partial charge on any atom is 0.00934 e. The number of nitrogens with zero attached hydrogens (tertiary/aromatic N) is 1. The fraction of sp³-hybridized carbons (Fsp3) is 1.00. The fourth-order valence-corrected chi connectivity index (χ4v) is 2.24. The van der Waals surface area contributed by atoms with Crippen LogP contribution in [0.15, 0.2) is 0 Å². The maximum atomic E-state index is 2.52. The third-order valence-corrected chi connectivity index (χ3v) is 3.86. The molecule has 2 heteroatoms. The van der Waals surface area contributed by atoms with E-state index in [1.54, 1.807) is 0 Å².